The van der Waals surface area contributed by atoms with Crippen LogP contribution < -0.4 is 5.32 Å². The summed E-state index contributed by atoms with van der Waals surface area (Å²) in [6.07, 6.45) is 3.57. The first-order valence-corrected chi connectivity index (χ1v) is 7.30. The average Bonchev–Trinajstić information content (AvgIpc) is 2.92. The SMILES string of the molecule is Br.Cc1ccc(Nc2nc(-c3ccncc3)cs2)c(C)c1. The van der Waals surface area contributed by atoms with Crippen LogP contribution in [0.1, 0.15) is 11.1 Å². The molecule has 0 atom stereocenters. The average molecular weight is 362 g/mol. The highest BCUT2D eigenvalue weighted by molar-refractivity contribution is 8.93. The molecular weight excluding hydrogens is 346 g/mol. The number of hydrogen-bond acceptors (Lipinski definition) is 4. The number of aryl methyl sites for hydroxylation is 2. The lowest BCUT2D eigenvalue weighted by Crippen LogP contribution is -1.93. The fourth-order valence-electron chi connectivity index (χ4n) is 2.06. The van der Waals surface area contributed by atoms with Gasteiger partial charge in [-0.3, -0.25) is 4.98 Å². The van der Waals surface area contributed by atoms with Gasteiger partial charge in [0, 0.05) is 29.0 Å². The maximum atomic E-state index is 4.62. The highest BCUT2D eigenvalue weighted by Gasteiger charge is 2.06. The third-order valence-electron chi connectivity index (χ3n) is 3.10. The molecule has 0 aliphatic rings. The van der Waals surface area contributed by atoms with Crippen LogP contribution >= 0.6 is 28.3 Å². The number of nitrogens with one attached hydrogen (secondary N) is 1. The van der Waals surface area contributed by atoms with Crippen LogP contribution in [-0.2, 0) is 0 Å². The Morgan fingerprint density at radius 3 is 2.52 bits per heavy atom. The molecule has 0 spiro atoms. The Morgan fingerprint density at radius 1 is 1.05 bits per heavy atom. The first-order valence-electron chi connectivity index (χ1n) is 6.42. The first kappa shape index (κ1) is 15.7. The molecule has 0 unspecified atom stereocenters. The van der Waals surface area contributed by atoms with Gasteiger partial charge in [0.05, 0.1) is 5.69 Å². The number of thiazole rings is 1. The zero-order chi connectivity index (χ0) is 13.9. The normalized spacial score (nSPS) is 10.0. The number of anilines is 2. The molecular formula is C16H16BrN3S. The number of benzene rings is 1. The predicted octanol–water partition coefficient (Wildman–Crippen LogP) is 5.14. The zero-order valence-corrected chi connectivity index (χ0v) is 14.4. The van der Waals surface area contributed by atoms with Gasteiger partial charge in [0.2, 0.25) is 0 Å². The third kappa shape index (κ3) is 3.68. The summed E-state index contributed by atoms with van der Waals surface area (Å²) in [5.41, 5.74) is 5.66. The summed E-state index contributed by atoms with van der Waals surface area (Å²) in [6.45, 7) is 4.20. The topological polar surface area (TPSA) is 37.8 Å². The molecule has 3 rings (SSSR count). The van der Waals surface area contributed by atoms with Gasteiger partial charge >= 0.3 is 0 Å². The molecule has 0 aliphatic carbocycles. The van der Waals surface area contributed by atoms with Gasteiger partial charge in [-0.15, -0.1) is 28.3 Å². The van der Waals surface area contributed by atoms with Crippen molar-refractivity contribution in [2.45, 2.75) is 13.8 Å². The van der Waals surface area contributed by atoms with E-state index in [-0.39, 0.29) is 17.0 Å². The molecule has 108 valence electrons. The Morgan fingerprint density at radius 2 is 1.81 bits per heavy atom. The summed E-state index contributed by atoms with van der Waals surface area (Å²) in [6, 6.07) is 10.3. The van der Waals surface area contributed by atoms with E-state index in [4.69, 9.17) is 0 Å². The molecule has 0 bridgehead atoms. The van der Waals surface area contributed by atoms with E-state index in [9.17, 15) is 0 Å². The monoisotopic (exact) mass is 361 g/mol. The molecule has 3 nitrogen and oxygen atoms in total. The molecule has 2 aromatic heterocycles. The molecule has 0 aliphatic heterocycles. The number of aromatic nitrogens is 2. The van der Waals surface area contributed by atoms with Crippen molar-refractivity contribution in [3.05, 3.63) is 59.2 Å². The molecule has 0 saturated heterocycles. The van der Waals surface area contributed by atoms with Gasteiger partial charge in [-0.05, 0) is 37.6 Å². The molecule has 2 heterocycles. The number of pyridine rings is 1. The maximum Gasteiger partial charge on any atom is 0.187 e. The van der Waals surface area contributed by atoms with Gasteiger partial charge in [-0.1, -0.05) is 17.7 Å². The van der Waals surface area contributed by atoms with E-state index in [1.165, 1.54) is 11.1 Å². The smallest absolute Gasteiger partial charge is 0.187 e. The minimum atomic E-state index is 0. The Hall–Kier alpha value is -1.72. The van der Waals surface area contributed by atoms with Crippen molar-refractivity contribution in [2.75, 3.05) is 5.32 Å². The standard InChI is InChI=1S/C16H15N3S.BrH/c1-11-3-4-14(12(2)9-11)18-16-19-15(10-20-16)13-5-7-17-8-6-13;/h3-10H,1-2H3,(H,18,19);1H. The van der Waals surface area contributed by atoms with Crippen LogP contribution in [0.15, 0.2) is 48.1 Å². The fourth-order valence-corrected chi connectivity index (χ4v) is 2.79. The van der Waals surface area contributed by atoms with E-state index in [2.05, 4.69) is 52.7 Å². The highest BCUT2D eigenvalue weighted by Crippen LogP contribution is 2.28. The van der Waals surface area contributed by atoms with Crippen LogP contribution in [0.25, 0.3) is 11.3 Å². The number of rotatable bonds is 3. The minimum Gasteiger partial charge on any atom is -0.331 e. The second-order valence-electron chi connectivity index (χ2n) is 4.72. The number of halogens is 1. The summed E-state index contributed by atoms with van der Waals surface area (Å²) < 4.78 is 0. The summed E-state index contributed by atoms with van der Waals surface area (Å²) in [4.78, 5) is 8.64. The van der Waals surface area contributed by atoms with Crippen molar-refractivity contribution in [1.29, 1.82) is 0 Å². The molecule has 21 heavy (non-hydrogen) atoms. The second kappa shape index (κ2) is 6.83. The van der Waals surface area contributed by atoms with Crippen LogP contribution in [0.2, 0.25) is 0 Å². The van der Waals surface area contributed by atoms with Gasteiger partial charge in [0.15, 0.2) is 5.13 Å². The second-order valence-corrected chi connectivity index (χ2v) is 5.58. The van der Waals surface area contributed by atoms with E-state index < -0.39 is 0 Å². The summed E-state index contributed by atoms with van der Waals surface area (Å²) >= 11 is 1.61. The van der Waals surface area contributed by atoms with Gasteiger partial charge in [-0.25, -0.2) is 4.98 Å². The molecule has 1 N–H and O–H groups in total. The minimum absolute atomic E-state index is 0. The molecule has 5 heteroatoms. The molecule has 3 aromatic rings. The van der Waals surface area contributed by atoms with Crippen molar-refractivity contribution in [3.63, 3.8) is 0 Å². The first-order chi connectivity index (χ1) is 9.72. The summed E-state index contributed by atoms with van der Waals surface area (Å²) in [5.74, 6) is 0. The van der Waals surface area contributed by atoms with Crippen LogP contribution in [0.4, 0.5) is 10.8 Å². The van der Waals surface area contributed by atoms with Crippen LogP contribution in [0.5, 0.6) is 0 Å². The van der Waals surface area contributed by atoms with E-state index >= 15 is 0 Å². The fraction of sp³-hybridized carbons (Fsp3) is 0.125. The molecule has 0 fully saturated rings. The van der Waals surface area contributed by atoms with Gasteiger partial charge in [0.25, 0.3) is 0 Å². The van der Waals surface area contributed by atoms with Crippen molar-refractivity contribution >= 4 is 39.1 Å². The number of hydrogen-bond donors (Lipinski definition) is 1. The highest BCUT2D eigenvalue weighted by atomic mass is 79.9. The Kier molecular flexibility index (Phi) is 5.09. The predicted molar refractivity (Wildman–Crippen MR) is 94.9 cm³/mol. The van der Waals surface area contributed by atoms with Crippen LogP contribution in [0.3, 0.4) is 0 Å². The third-order valence-corrected chi connectivity index (χ3v) is 3.86. The van der Waals surface area contributed by atoms with Crippen LogP contribution in [-0.4, -0.2) is 9.97 Å². The Labute approximate surface area is 138 Å². The zero-order valence-electron chi connectivity index (χ0n) is 11.8. The maximum absolute atomic E-state index is 4.62. The van der Waals surface area contributed by atoms with Gasteiger partial charge in [-0.2, -0.15) is 0 Å². The van der Waals surface area contributed by atoms with Crippen LogP contribution in [0, 0.1) is 13.8 Å². The summed E-state index contributed by atoms with van der Waals surface area (Å²) in [5, 5.41) is 6.34. The lowest BCUT2D eigenvalue weighted by molar-refractivity contribution is 1.31. The van der Waals surface area contributed by atoms with Crippen molar-refractivity contribution < 1.29 is 0 Å². The lowest BCUT2D eigenvalue weighted by atomic mass is 10.1. The van der Waals surface area contributed by atoms with Crippen molar-refractivity contribution in [3.8, 4) is 11.3 Å². The Balaban J connectivity index is 0.00000161. The van der Waals surface area contributed by atoms with Gasteiger partial charge < -0.3 is 5.32 Å². The largest absolute Gasteiger partial charge is 0.331 e. The lowest BCUT2D eigenvalue weighted by Gasteiger charge is -2.07. The van der Waals surface area contributed by atoms with E-state index in [1.807, 2.05) is 12.1 Å². The molecule has 0 amide bonds. The van der Waals surface area contributed by atoms with E-state index in [1.54, 1.807) is 23.7 Å². The molecule has 0 radical (unpaired) electrons. The molecule has 1 aromatic carbocycles. The van der Waals surface area contributed by atoms with Crippen molar-refractivity contribution in [2.24, 2.45) is 0 Å². The van der Waals surface area contributed by atoms with Gasteiger partial charge in [0.1, 0.15) is 0 Å². The Bertz CT molecular complexity index is 725. The number of nitrogens with zero attached hydrogens (tertiary/aromatic N) is 2. The van der Waals surface area contributed by atoms with E-state index in [0.29, 0.717) is 0 Å². The summed E-state index contributed by atoms with van der Waals surface area (Å²) in [7, 11) is 0. The van der Waals surface area contributed by atoms with Crippen molar-refractivity contribution in [1.82, 2.24) is 9.97 Å². The molecule has 0 saturated carbocycles. The quantitative estimate of drug-likeness (QED) is 0.701. The van der Waals surface area contributed by atoms with E-state index in [0.717, 1.165) is 22.1 Å².